The molecular formula is C12H15N3O2S. The Labute approximate surface area is 109 Å². The summed E-state index contributed by atoms with van der Waals surface area (Å²) >= 11 is 1.58. The molecule has 0 aliphatic heterocycles. The lowest BCUT2D eigenvalue weighted by molar-refractivity contribution is 0.202. The Hall–Kier alpha value is -1.82. The zero-order valence-electron chi connectivity index (χ0n) is 10.3. The van der Waals surface area contributed by atoms with Gasteiger partial charge < -0.3 is 14.6 Å². The molecule has 0 aliphatic rings. The summed E-state index contributed by atoms with van der Waals surface area (Å²) in [5.41, 5.74) is 0.886. The van der Waals surface area contributed by atoms with E-state index in [1.807, 2.05) is 18.4 Å². The van der Waals surface area contributed by atoms with Crippen LogP contribution < -0.4 is 5.32 Å². The maximum absolute atomic E-state index is 11.8. The van der Waals surface area contributed by atoms with Crippen molar-refractivity contribution in [2.45, 2.75) is 20.0 Å². The summed E-state index contributed by atoms with van der Waals surface area (Å²) in [6.45, 7) is 2.85. The minimum absolute atomic E-state index is 0.142. The maximum atomic E-state index is 11.8. The van der Waals surface area contributed by atoms with Gasteiger partial charge in [-0.2, -0.15) is 0 Å². The summed E-state index contributed by atoms with van der Waals surface area (Å²) in [5, 5.41) is 5.76. The molecule has 0 saturated carbocycles. The van der Waals surface area contributed by atoms with E-state index < -0.39 is 0 Å². The highest BCUT2D eigenvalue weighted by molar-refractivity contribution is 7.09. The van der Waals surface area contributed by atoms with Gasteiger partial charge in [0.25, 0.3) is 0 Å². The van der Waals surface area contributed by atoms with Crippen molar-refractivity contribution < 1.29 is 9.21 Å². The maximum Gasteiger partial charge on any atom is 0.317 e. The molecule has 2 aromatic heterocycles. The minimum Gasteiger partial charge on any atom is -0.467 e. The van der Waals surface area contributed by atoms with Crippen LogP contribution in [0.15, 0.2) is 28.2 Å². The van der Waals surface area contributed by atoms with E-state index in [9.17, 15) is 4.79 Å². The van der Waals surface area contributed by atoms with Crippen molar-refractivity contribution in [1.82, 2.24) is 15.2 Å². The average molecular weight is 265 g/mol. The summed E-state index contributed by atoms with van der Waals surface area (Å²) in [4.78, 5) is 17.7. The Morgan fingerprint density at radius 1 is 1.61 bits per heavy atom. The molecule has 0 bridgehead atoms. The van der Waals surface area contributed by atoms with Gasteiger partial charge in [-0.05, 0) is 19.1 Å². The molecule has 2 rings (SSSR count). The van der Waals surface area contributed by atoms with Gasteiger partial charge in [0.15, 0.2) is 0 Å². The molecule has 96 valence electrons. The van der Waals surface area contributed by atoms with Gasteiger partial charge in [0.1, 0.15) is 5.76 Å². The fourth-order valence-electron chi connectivity index (χ4n) is 1.50. The van der Waals surface area contributed by atoms with E-state index in [2.05, 4.69) is 10.3 Å². The van der Waals surface area contributed by atoms with Gasteiger partial charge in [0.2, 0.25) is 0 Å². The molecule has 0 aromatic carbocycles. The lowest BCUT2D eigenvalue weighted by Crippen LogP contribution is -2.36. The Morgan fingerprint density at radius 3 is 3.06 bits per heavy atom. The predicted molar refractivity (Wildman–Crippen MR) is 69.3 cm³/mol. The molecule has 18 heavy (non-hydrogen) atoms. The van der Waals surface area contributed by atoms with Crippen LogP contribution in [-0.2, 0) is 13.1 Å². The number of amides is 2. The van der Waals surface area contributed by atoms with Gasteiger partial charge in [0, 0.05) is 12.4 Å². The highest BCUT2D eigenvalue weighted by Crippen LogP contribution is 2.08. The summed E-state index contributed by atoms with van der Waals surface area (Å²) in [5.74, 6) is 0.761. The second-order valence-corrected chi connectivity index (χ2v) is 5.01. The van der Waals surface area contributed by atoms with Crippen molar-refractivity contribution in [3.8, 4) is 0 Å². The van der Waals surface area contributed by atoms with Crippen LogP contribution in [0.1, 0.15) is 16.5 Å². The number of aryl methyl sites for hydroxylation is 1. The van der Waals surface area contributed by atoms with Gasteiger partial charge in [-0.3, -0.25) is 0 Å². The molecular weight excluding hydrogens is 250 g/mol. The zero-order valence-corrected chi connectivity index (χ0v) is 11.2. The third-order valence-corrected chi connectivity index (χ3v) is 3.23. The van der Waals surface area contributed by atoms with E-state index in [1.165, 1.54) is 0 Å². The monoisotopic (exact) mass is 265 g/mol. The molecule has 2 amide bonds. The first-order chi connectivity index (χ1) is 8.65. The number of furan rings is 1. The van der Waals surface area contributed by atoms with Gasteiger partial charge in [-0.15, -0.1) is 11.3 Å². The zero-order chi connectivity index (χ0) is 13.0. The van der Waals surface area contributed by atoms with Crippen molar-refractivity contribution in [3.05, 3.63) is 40.2 Å². The van der Waals surface area contributed by atoms with E-state index in [0.717, 1.165) is 16.5 Å². The normalized spacial score (nSPS) is 10.3. The number of thiazole rings is 1. The van der Waals surface area contributed by atoms with Gasteiger partial charge in [0.05, 0.1) is 30.1 Å². The van der Waals surface area contributed by atoms with Crippen molar-refractivity contribution >= 4 is 17.4 Å². The van der Waals surface area contributed by atoms with Crippen molar-refractivity contribution in [2.24, 2.45) is 0 Å². The number of carbonyl (C=O) groups excluding carboxylic acids is 1. The molecule has 5 nitrogen and oxygen atoms in total. The topological polar surface area (TPSA) is 58.4 Å². The second kappa shape index (κ2) is 5.68. The van der Waals surface area contributed by atoms with Crippen molar-refractivity contribution in [1.29, 1.82) is 0 Å². The Bertz CT molecular complexity index is 507. The quantitative estimate of drug-likeness (QED) is 0.923. The van der Waals surface area contributed by atoms with Crippen molar-refractivity contribution in [3.63, 3.8) is 0 Å². The minimum atomic E-state index is -0.142. The fraction of sp³-hybridized carbons (Fsp3) is 0.333. The van der Waals surface area contributed by atoms with E-state index >= 15 is 0 Å². The average Bonchev–Trinajstić information content (AvgIpc) is 2.97. The smallest absolute Gasteiger partial charge is 0.317 e. The van der Waals surface area contributed by atoms with Gasteiger partial charge in [-0.1, -0.05) is 0 Å². The molecule has 0 radical (unpaired) electrons. The first-order valence-corrected chi connectivity index (χ1v) is 6.45. The summed E-state index contributed by atoms with van der Waals surface area (Å²) in [6, 6.07) is 3.50. The predicted octanol–water partition coefficient (Wildman–Crippen LogP) is 2.39. The largest absolute Gasteiger partial charge is 0.467 e. The Morgan fingerprint density at radius 2 is 2.44 bits per heavy atom. The van der Waals surface area contributed by atoms with E-state index in [-0.39, 0.29) is 6.03 Å². The molecule has 0 unspecified atom stereocenters. The first kappa shape index (κ1) is 12.6. The van der Waals surface area contributed by atoms with Crippen LogP contribution in [0.5, 0.6) is 0 Å². The summed E-state index contributed by atoms with van der Waals surface area (Å²) < 4.78 is 5.19. The number of urea groups is 1. The van der Waals surface area contributed by atoms with Crippen LogP contribution in [-0.4, -0.2) is 23.0 Å². The van der Waals surface area contributed by atoms with Crippen LogP contribution in [0, 0.1) is 6.92 Å². The number of hydrogen-bond donors (Lipinski definition) is 1. The molecule has 0 saturated heterocycles. The van der Waals surface area contributed by atoms with Crippen LogP contribution in [0.25, 0.3) is 0 Å². The number of nitrogens with zero attached hydrogens (tertiary/aromatic N) is 2. The number of hydrogen-bond acceptors (Lipinski definition) is 4. The lowest BCUT2D eigenvalue weighted by atomic mass is 10.4. The van der Waals surface area contributed by atoms with Crippen LogP contribution in [0.3, 0.4) is 0 Å². The highest BCUT2D eigenvalue weighted by atomic mass is 32.1. The van der Waals surface area contributed by atoms with Gasteiger partial charge >= 0.3 is 6.03 Å². The Kier molecular flexibility index (Phi) is 3.99. The summed E-state index contributed by atoms with van der Waals surface area (Å²) in [6.07, 6.45) is 1.60. The van der Waals surface area contributed by atoms with Gasteiger partial charge in [-0.25, -0.2) is 9.78 Å². The molecule has 0 fully saturated rings. The highest BCUT2D eigenvalue weighted by Gasteiger charge is 2.10. The van der Waals surface area contributed by atoms with E-state index in [0.29, 0.717) is 13.1 Å². The standard InChI is InChI=1S/C12H15N3O2S/c1-9-14-10(8-18-9)6-13-12(16)15(2)7-11-4-3-5-17-11/h3-5,8H,6-7H2,1-2H3,(H,13,16). The third kappa shape index (κ3) is 3.33. The Balaban J connectivity index is 1.80. The number of aromatic nitrogens is 1. The lowest BCUT2D eigenvalue weighted by Gasteiger charge is -2.16. The molecule has 0 spiro atoms. The third-order valence-electron chi connectivity index (χ3n) is 2.41. The number of nitrogens with one attached hydrogen (secondary N) is 1. The first-order valence-electron chi connectivity index (χ1n) is 5.57. The van der Waals surface area contributed by atoms with Crippen LogP contribution >= 0.6 is 11.3 Å². The van der Waals surface area contributed by atoms with Crippen molar-refractivity contribution in [2.75, 3.05) is 7.05 Å². The fourth-order valence-corrected chi connectivity index (χ4v) is 2.11. The van der Waals surface area contributed by atoms with Crippen LogP contribution in [0.4, 0.5) is 4.79 Å². The molecule has 6 heteroatoms. The molecule has 0 aliphatic carbocycles. The van der Waals surface area contributed by atoms with E-state index in [1.54, 1.807) is 35.6 Å². The molecule has 1 N–H and O–H groups in total. The molecule has 2 heterocycles. The summed E-state index contributed by atoms with van der Waals surface area (Å²) in [7, 11) is 1.73. The number of carbonyl (C=O) groups is 1. The van der Waals surface area contributed by atoms with E-state index in [4.69, 9.17) is 4.42 Å². The number of rotatable bonds is 4. The molecule has 2 aromatic rings. The SMILES string of the molecule is Cc1nc(CNC(=O)N(C)Cc2ccco2)cs1. The second-order valence-electron chi connectivity index (χ2n) is 3.95. The van der Waals surface area contributed by atoms with Crippen LogP contribution in [0.2, 0.25) is 0 Å². The molecule has 0 atom stereocenters.